The standard InChI is InChI=1S/C21H28N4O2.HI/c1-2-20(26)25-13-11-18(16-25)24-21(22-12-10-19-9-6-14-27-19)23-15-17-7-4-3-5-8-17;/h3-9,14,18H,2,10-13,15-16H2,1H3,(H2,22,23,24);1H. The summed E-state index contributed by atoms with van der Waals surface area (Å²) in [6, 6.07) is 14.3. The number of rotatable bonds is 7. The number of hydrogen-bond donors (Lipinski definition) is 2. The highest BCUT2D eigenvalue weighted by atomic mass is 127. The summed E-state index contributed by atoms with van der Waals surface area (Å²) in [7, 11) is 0. The summed E-state index contributed by atoms with van der Waals surface area (Å²) in [6.45, 7) is 4.80. The first-order valence-corrected chi connectivity index (χ1v) is 9.63. The minimum absolute atomic E-state index is 0. The number of nitrogens with zero attached hydrogens (tertiary/aromatic N) is 2. The minimum Gasteiger partial charge on any atom is -0.469 e. The van der Waals surface area contributed by atoms with Gasteiger partial charge in [-0.1, -0.05) is 37.3 Å². The van der Waals surface area contributed by atoms with Crippen LogP contribution in [0.25, 0.3) is 0 Å². The molecule has 0 aliphatic carbocycles. The second-order valence-corrected chi connectivity index (χ2v) is 6.73. The monoisotopic (exact) mass is 496 g/mol. The molecule has 7 heteroatoms. The maximum Gasteiger partial charge on any atom is 0.222 e. The smallest absolute Gasteiger partial charge is 0.222 e. The fraction of sp³-hybridized carbons (Fsp3) is 0.429. The molecule has 1 unspecified atom stereocenters. The Morgan fingerprint density at radius 3 is 2.79 bits per heavy atom. The molecule has 1 atom stereocenters. The van der Waals surface area contributed by atoms with E-state index in [2.05, 4.69) is 22.8 Å². The van der Waals surface area contributed by atoms with Crippen molar-refractivity contribution in [2.24, 2.45) is 4.99 Å². The Bertz CT molecular complexity index is 734. The normalized spacial score (nSPS) is 16.5. The van der Waals surface area contributed by atoms with E-state index in [9.17, 15) is 4.79 Å². The highest BCUT2D eigenvalue weighted by molar-refractivity contribution is 14.0. The van der Waals surface area contributed by atoms with Crippen molar-refractivity contribution in [1.82, 2.24) is 15.5 Å². The Labute approximate surface area is 183 Å². The molecular formula is C21H29IN4O2. The van der Waals surface area contributed by atoms with E-state index in [0.717, 1.165) is 44.2 Å². The van der Waals surface area contributed by atoms with Gasteiger partial charge in [0.2, 0.25) is 5.91 Å². The van der Waals surface area contributed by atoms with E-state index in [1.54, 1.807) is 6.26 Å². The number of amides is 1. The lowest BCUT2D eigenvalue weighted by Gasteiger charge is -2.19. The zero-order chi connectivity index (χ0) is 18.9. The highest BCUT2D eigenvalue weighted by Gasteiger charge is 2.25. The molecule has 0 spiro atoms. The predicted octanol–water partition coefficient (Wildman–Crippen LogP) is 3.19. The van der Waals surface area contributed by atoms with Crippen LogP contribution in [-0.4, -0.2) is 42.4 Å². The van der Waals surface area contributed by atoms with Gasteiger partial charge in [-0.3, -0.25) is 4.79 Å². The van der Waals surface area contributed by atoms with Crippen LogP contribution in [0.3, 0.4) is 0 Å². The average Bonchev–Trinajstić information content (AvgIpc) is 3.38. The van der Waals surface area contributed by atoms with E-state index < -0.39 is 0 Å². The van der Waals surface area contributed by atoms with Gasteiger partial charge < -0.3 is 20.0 Å². The molecule has 1 amide bonds. The van der Waals surface area contributed by atoms with Crippen molar-refractivity contribution in [2.75, 3.05) is 19.6 Å². The molecule has 0 saturated carbocycles. The van der Waals surface area contributed by atoms with Crippen molar-refractivity contribution in [3.63, 3.8) is 0 Å². The number of benzene rings is 1. The van der Waals surface area contributed by atoms with Crippen molar-refractivity contribution >= 4 is 35.8 Å². The maximum absolute atomic E-state index is 11.9. The van der Waals surface area contributed by atoms with Crippen LogP contribution in [-0.2, 0) is 17.8 Å². The number of furan rings is 1. The third-order valence-corrected chi connectivity index (χ3v) is 4.69. The van der Waals surface area contributed by atoms with E-state index in [0.29, 0.717) is 13.0 Å². The molecule has 2 N–H and O–H groups in total. The first-order chi connectivity index (χ1) is 13.2. The molecule has 6 nitrogen and oxygen atoms in total. The van der Waals surface area contributed by atoms with Crippen molar-refractivity contribution in [3.8, 4) is 0 Å². The summed E-state index contributed by atoms with van der Waals surface area (Å²) in [5, 5.41) is 6.88. The second kappa shape index (κ2) is 11.7. The number of halogens is 1. The molecule has 1 saturated heterocycles. The maximum atomic E-state index is 11.9. The van der Waals surface area contributed by atoms with Gasteiger partial charge in [0.25, 0.3) is 0 Å². The zero-order valence-corrected chi connectivity index (χ0v) is 18.6. The fourth-order valence-corrected chi connectivity index (χ4v) is 3.19. The summed E-state index contributed by atoms with van der Waals surface area (Å²) < 4.78 is 5.39. The van der Waals surface area contributed by atoms with Crippen molar-refractivity contribution in [1.29, 1.82) is 0 Å². The van der Waals surface area contributed by atoms with Gasteiger partial charge in [-0.2, -0.15) is 0 Å². The Morgan fingerprint density at radius 2 is 2.07 bits per heavy atom. The fourth-order valence-electron chi connectivity index (χ4n) is 3.19. The summed E-state index contributed by atoms with van der Waals surface area (Å²) in [5.41, 5.74) is 1.17. The lowest BCUT2D eigenvalue weighted by Crippen LogP contribution is -2.45. The van der Waals surface area contributed by atoms with E-state index in [4.69, 9.17) is 9.41 Å². The number of hydrogen-bond acceptors (Lipinski definition) is 3. The molecule has 2 aromatic rings. The van der Waals surface area contributed by atoms with Crippen molar-refractivity contribution in [2.45, 2.75) is 38.8 Å². The van der Waals surface area contributed by atoms with Crippen molar-refractivity contribution in [3.05, 3.63) is 60.1 Å². The molecule has 2 heterocycles. The third-order valence-electron chi connectivity index (χ3n) is 4.69. The number of likely N-dealkylation sites (tertiary alicyclic amines) is 1. The lowest BCUT2D eigenvalue weighted by atomic mass is 10.2. The van der Waals surface area contributed by atoms with Crippen LogP contribution >= 0.6 is 24.0 Å². The number of carbonyl (C=O) groups excluding carboxylic acids is 1. The Balaban J connectivity index is 0.00000280. The lowest BCUT2D eigenvalue weighted by molar-refractivity contribution is -0.129. The van der Waals surface area contributed by atoms with Gasteiger partial charge in [-0.05, 0) is 24.1 Å². The van der Waals surface area contributed by atoms with Gasteiger partial charge in [0.05, 0.1) is 12.8 Å². The molecule has 1 aromatic carbocycles. The van der Waals surface area contributed by atoms with Gasteiger partial charge in [0.15, 0.2) is 5.96 Å². The Kier molecular flexibility index (Phi) is 9.33. The van der Waals surface area contributed by atoms with Crippen LogP contribution in [0.2, 0.25) is 0 Å². The Hall–Kier alpha value is -2.03. The topological polar surface area (TPSA) is 69.9 Å². The molecule has 28 heavy (non-hydrogen) atoms. The third kappa shape index (κ3) is 6.85. The summed E-state index contributed by atoms with van der Waals surface area (Å²) in [4.78, 5) is 18.6. The van der Waals surface area contributed by atoms with E-state index >= 15 is 0 Å². The predicted molar refractivity (Wildman–Crippen MR) is 122 cm³/mol. The molecule has 152 valence electrons. The quantitative estimate of drug-likeness (QED) is 0.351. The SMILES string of the molecule is CCC(=O)N1CCC(NC(=NCc2ccccc2)NCCc2ccco2)C1.I. The van der Waals surface area contributed by atoms with Crippen LogP contribution in [0.5, 0.6) is 0 Å². The molecule has 0 radical (unpaired) electrons. The van der Waals surface area contributed by atoms with E-state index in [1.165, 1.54) is 5.56 Å². The van der Waals surface area contributed by atoms with E-state index in [1.807, 2.05) is 42.2 Å². The summed E-state index contributed by atoms with van der Waals surface area (Å²) in [5.74, 6) is 1.94. The molecule has 3 rings (SSSR count). The van der Waals surface area contributed by atoms with Crippen LogP contribution in [0.15, 0.2) is 58.1 Å². The minimum atomic E-state index is 0. The van der Waals surface area contributed by atoms with E-state index in [-0.39, 0.29) is 35.9 Å². The van der Waals surface area contributed by atoms with Gasteiger partial charge >= 0.3 is 0 Å². The molecule has 1 fully saturated rings. The average molecular weight is 496 g/mol. The van der Waals surface area contributed by atoms with Gasteiger partial charge in [0.1, 0.15) is 5.76 Å². The van der Waals surface area contributed by atoms with Crippen LogP contribution in [0.1, 0.15) is 31.1 Å². The molecular weight excluding hydrogens is 467 g/mol. The summed E-state index contributed by atoms with van der Waals surface area (Å²) in [6.07, 6.45) is 3.99. The molecule has 1 aromatic heterocycles. The Morgan fingerprint density at radius 1 is 1.25 bits per heavy atom. The number of aliphatic imine (C=N–C) groups is 1. The van der Waals surface area contributed by atoms with Gasteiger partial charge in [0, 0.05) is 38.5 Å². The van der Waals surface area contributed by atoms with Crippen LogP contribution in [0.4, 0.5) is 0 Å². The van der Waals surface area contributed by atoms with Crippen LogP contribution < -0.4 is 10.6 Å². The number of guanidine groups is 1. The highest BCUT2D eigenvalue weighted by Crippen LogP contribution is 2.10. The summed E-state index contributed by atoms with van der Waals surface area (Å²) >= 11 is 0. The number of nitrogens with one attached hydrogen (secondary N) is 2. The van der Waals surface area contributed by atoms with Crippen LogP contribution in [0, 0.1) is 0 Å². The second-order valence-electron chi connectivity index (χ2n) is 6.73. The molecule has 1 aliphatic heterocycles. The molecule has 0 bridgehead atoms. The zero-order valence-electron chi connectivity index (χ0n) is 16.3. The largest absolute Gasteiger partial charge is 0.469 e. The molecule has 1 aliphatic rings. The first kappa shape index (κ1) is 22.3. The van der Waals surface area contributed by atoms with Gasteiger partial charge in [-0.15, -0.1) is 24.0 Å². The number of carbonyl (C=O) groups is 1. The van der Waals surface area contributed by atoms with Gasteiger partial charge in [-0.25, -0.2) is 4.99 Å². The first-order valence-electron chi connectivity index (χ1n) is 9.63. The van der Waals surface area contributed by atoms with Crippen molar-refractivity contribution < 1.29 is 9.21 Å².